The highest BCUT2D eigenvalue weighted by Gasteiger charge is 2.49. The summed E-state index contributed by atoms with van der Waals surface area (Å²) in [5.41, 5.74) is 1.86. The number of rotatable bonds is 9. The first-order valence-corrected chi connectivity index (χ1v) is 19.1. The van der Waals surface area contributed by atoms with Gasteiger partial charge in [0.2, 0.25) is 0 Å². The highest BCUT2D eigenvalue weighted by atomic mass is 16.4. The summed E-state index contributed by atoms with van der Waals surface area (Å²) < 4.78 is 0. The van der Waals surface area contributed by atoms with E-state index in [2.05, 4.69) is 5.43 Å². The van der Waals surface area contributed by atoms with E-state index in [1.165, 1.54) is 47.3 Å². The molecule has 0 spiro atoms. The lowest BCUT2D eigenvalue weighted by Gasteiger charge is -2.54. The van der Waals surface area contributed by atoms with Crippen LogP contribution in [0.15, 0.2) is 0 Å². The minimum atomic E-state index is -1.26. The fraction of sp³-hybridized carbons (Fsp3) is 0.889. The molecule has 1 aliphatic carbocycles. The number of aliphatic carboxylic acids is 4. The number of hydrazine groups is 3. The summed E-state index contributed by atoms with van der Waals surface area (Å²) >= 11 is 0. The molecule has 1 saturated heterocycles. The first kappa shape index (κ1) is 41.9. The van der Waals surface area contributed by atoms with E-state index in [0.29, 0.717) is 32.2 Å². The van der Waals surface area contributed by atoms with Gasteiger partial charge in [0, 0.05) is 6.54 Å². The van der Waals surface area contributed by atoms with Crippen LogP contribution in [0.5, 0.6) is 0 Å². The van der Waals surface area contributed by atoms with Crippen molar-refractivity contribution in [1.82, 2.24) is 20.7 Å². The summed E-state index contributed by atoms with van der Waals surface area (Å²) in [4.78, 5) is 50.1. The number of hydrogen-bond acceptors (Lipinski definition) is 8. The lowest BCUT2D eigenvalue weighted by molar-refractivity contribution is -0.264. The van der Waals surface area contributed by atoms with Crippen LogP contribution in [0.4, 0.5) is 0 Å². The zero-order valence-electron chi connectivity index (χ0n) is 29.6. The molecule has 5 N–H and O–H groups in total. The van der Waals surface area contributed by atoms with Crippen LogP contribution in [0.3, 0.4) is 0 Å². The summed E-state index contributed by atoms with van der Waals surface area (Å²) in [6, 6.07) is 0. The van der Waals surface area contributed by atoms with Crippen LogP contribution < -0.4 is 5.43 Å². The Hall–Kier alpha value is -2.28. The van der Waals surface area contributed by atoms with Crippen LogP contribution in [0.2, 0.25) is 0 Å². The third-order valence-corrected chi connectivity index (χ3v) is 10.3. The molecule has 1 heterocycles. The van der Waals surface area contributed by atoms with Crippen molar-refractivity contribution in [3.8, 4) is 0 Å². The smallest absolute Gasteiger partial charge is 0.320 e. The van der Waals surface area contributed by atoms with Gasteiger partial charge in [0.15, 0.2) is 0 Å². The van der Waals surface area contributed by atoms with Gasteiger partial charge in [-0.25, -0.2) is 10.4 Å². The molecule has 12 heteroatoms. The molecule has 0 amide bonds. The van der Waals surface area contributed by atoms with Gasteiger partial charge in [0.25, 0.3) is 0 Å². The third-order valence-electron chi connectivity index (χ3n) is 10.3. The maximum atomic E-state index is 12.9. The molecule has 2 fully saturated rings. The van der Waals surface area contributed by atoms with Gasteiger partial charge in [-0.2, -0.15) is 5.12 Å². The van der Waals surface area contributed by atoms with E-state index in [9.17, 15) is 39.6 Å². The average molecular weight is 683 g/mol. The standard InChI is InChI=1S/C36H66N4O8/c41-32(42)27-36(31-23-19-15-11-7-4-2-1-3-5-8-12-16-20-24-31)25-21-17-13-9-6-10-14-18-22-26-37-39(29-34(45)46)40(30-35(47)48)38(36)28-33(43)44/h31,37H,1-30H2,(H,41,42)(H,43,44)(H,45,46)(H,47,48). The van der Waals surface area contributed by atoms with Crippen LogP contribution in [-0.2, 0) is 19.2 Å². The number of hydrogen-bond donors (Lipinski definition) is 5. The molecule has 12 nitrogen and oxygen atoms in total. The predicted molar refractivity (Wildman–Crippen MR) is 185 cm³/mol. The second kappa shape index (κ2) is 24.8. The molecule has 2 aliphatic rings. The molecule has 2 rings (SSSR count). The Morgan fingerprint density at radius 1 is 0.500 bits per heavy atom. The van der Waals surface area contributed by atoms with Crippen LogP contribution in [0.25, 0.3) is 0 Å². The SMILES string of the molecule is O=C(O)CN1NCCCCCCCCCCCC(CC(=O)O)(C2CCCCCCCCCCCCCCC2)N(CC(=O)O)N1CC(=O)O. The zero-order chi connectivity index (χ0) is 35.0. The normalized spacial score (nSPS) is 24.8. The van der Waals surface area contributed by atoms with Crippen LogP contribution in [0, 0.1) is 5.92 Å². The number of carboxylic acids is 4. The van der Waals surface area contributed by atoms with Crippen molar-refractivity contribution in [2.75, 3.05) is 26.2 Å². The number of carboxylic acid groups (broad SMARTS) is 4. The third kappa shape index (κ3) is 16.9. The van der Waals surface area contributed by atoms with Gasteiger partial charge in [-0.15, -0.1) is 5.12 Å². The van der Waals surface area contributed by atoms with Gasteiger partial charge in [0.05, 0.1) is 12.0 Å². The highest BCUT2D eigenvalue weighted by Crippen LogP contribution is 2.42. The Bertz CT molecular complexity index is 922. The molecule has 278 valence electrons. The second-order valence-corrected chi connectivity index (χ2v) is 14.2. The van der Waals surface area contributed by atoms with E-state index in [1.807, 2.05) is 0 Å². The van der Waals surface area contributed by atoms with Crippen LogP contribution in [0.1, 0.15) is 167 Å². The quantitative estimate of drug-likeness (QED) is 0.167. The topological polar surface area (TPSA) is 171 Å². The minimum absolute atomic E-state index is 0.220. The van der Waals surface area contributed by atoms with Crippen molar-refractivity contribution < 1.29 is 39.6 Å². The average Bonchev–Trinajstić information content (AvgIpc) is 3.01. The number of nitrogens with zero attached hydrogens (tertiary/aromatic N) is 3. The minimum Gasteiger partial charge on any atom is -0.481 e. The molecular weight excluding hydrogens is 616 g/mol. The van der Waals surface area contributed by atoms with E-state index in [1.54, 1.807) is 0 Å². The highest BCUT2D eigenvalue weighted by molar-refractivity contribution is 5.72. The second-order valence-electron chi connectivity index (χ2n) is 14.2. The predicted octanol–water partition coefficient (Wildman–Crippen LogP) is 7.09. The Kier molecular flexibility index (Phi) is 21.6. The van der Waals surface area contributed by atoms with Gasteiger partial charge in [0.1, 0.15) is 19.6 Å². The van der Waals surface area contributed by atoms with Crippen molar-refractivity contribution >= 4 is 23.9 Å². The maximum Gasteiger partial charge on any atom is 0.320 e. The fourth-order valence-electron chi connectivity index (χ4n) is 7.91. The van der Waals surface area contributed by atoms with Gasteiger partial charge in [-0.1, -0.05) is 135 Å². The molecule has 0 radical (unpaired) electrons. The summed E-state index contributed by atoms with van der Waals surface area (Å²) in [6.07, 6.45) is 24.5. The lowest BCUT2D eigenvalue weighted by Crippen LogP contribution is -2.70. The monoisotopic (exact) mass is 682 g/mol. The Balaban J connectivity index is 2.68. The molecular formula is C36H66N4O8. The molecule has 0 bridgehead atoms. The summed E-state index contributed by atoms with van der Waals surface area (Å²) in [7, 11) is 0. The fourth-order valence-corrected chi connectivity index (χ4v) is 7.91. The summed E-state index contributed by atoms with van der Waals surface area (Å²) in [5.74, 6) is -4.99. The van der Waals surface area contributed by atoms with Gasteiger partial charge in [-0.3, -0.25) is 19.2 Å². The first-order chi connectivity index (χ1) is 23.2. The van der Waals surface area contributed by atoms with E-state index < -0.39 is 49.1 Å². The number of nitrogens with one attached hydrogen (secondary N) is 1. The Morgan fingerprint density at radius 2 is 0.896 bits per heavy atom. The van der Waals surface area contributed by atoms with Crippen molar-refractivity contribution in [1.29, 1.82) is 0 Å². The molecule has 0 aromatic rings. The van der Waals surface area contributed by atoms with Crippen LogP contribution in [-0.4, -0.2) is 91.3 Å². The molecule has 1 atom stereocenters. The van der Waals surface area contributed by atoms with E-state index >= 15 is 0 Å². The van der Waals surface area contributed by atoms with Crippen molar-refractivity contribution in [3.63, 3.8) is 0 Å². The molecule has 48 heavy (non-hydrogen) atoms. The van der Waals surface area contributed by atoms with Crippen LogP contribution >= 0.6 is 0 Å². The zero-order valence-corrected chi connectivity index (χ0v) is 29.6. The van der Waals surface area contributed by atoms with Gasteiger partial charge >= 0.3 is 23.9 Å². The maximum absolute atomic E-state index is 12.9. The molecule has 1 unspecified atom stereocenters. The summed E-state index contributed by atoms with van der Waals surface area (Å²) in [6.45, 7) is -1.59. The molecule has 1 aliphatic heterocycles. The summed E-state index contributed by atoms with van der Waals surface area (Å²) in [5, 5.41) is 44.8. The Labute approximate surface area is 288 Å². The first-order valence-electron chi connectivity index (χ1n) is 19.1. The molecule has 0 aromatic carbocycles. The molecule has 1 saturated carbocycles. The van der Waals surface area contributed by atoms with Crippen molar-refractivity contribution in [2.45, 2.75) is 172 Å². The van der Waals surface area contributed by atoms with E-state index in [0.717, 1.165) is 103 Å². The van der Waals surface area contributed by atoms with Crippen molar-refractivity contribution in [2.24, 2.45) is 5.92 Å². The van der Waals surface area contributed by atoms with Gasteiger partial charge < -0.3 is 20.4 Å². The lowest BCUT2D eigenvalue weighted by atomic mass is 9.71. The van der Waals surface area contributed by atoms with Crippen molar-refractivity contribution in [3.05, 3.63) is 0 Å². The van der Waals surface area contributed by atoms with E-state index in [4.69, 9.17) is 0 Å². The molecule has 0 aromatic heterocycles. The van der Waals surface area contributed by atoms with Gasteiger partial charge in [-0.05, 0) is 31.6 Å². The van der Waals surface area contributed by atoms with E-state index in [-0.39, 0.29) is 12.3 Å². The Morgan fingerprint density at radius 3 is 1.31 bits per heavy atom. The number of carbonyl (C=O) groups is 4. The largest absolute Gasteiger partial charge is 0.481 e.